The molecule has 1 aliphatic heterocycles. The molecule has 1 heterocycles. The molecule has 2 rings (SSSR count). The lowest BCUT2D eigenvalue weighted by Gasteiger charge is -2.08. The maximum absolute atomic E-state index is 5.48. The van der Waals surface area contributed by atoms with E-state index < -0.39 is 0 Å². The fourth-order valence-electron chi connectivity index (χ4n) is 1.59. The second-order valence-electron chi connectivity index (χ2n) is 3.42. The van der Waals surface area contributed by atoms with Gasteiger partial charge in [-0.1, -0.05) is 24.3 Å². The van der Waals surface area contributed by atoms with E-state index >= 15 is 0 Å². The minimum Gasteiger partial charge on any atom is -0.352 e. The summed E-state index contributed by atoms with van der Waals surface area (Å²) in [7, 11) is 0. The van der Waals surface area contributed by atoms with Gasteiger partial charge in [-0.3, -0.25) is 0 Å². The van der Waals surface area contributed by atoms with Crippen LogP contribution in [0.5, 0.6) is 0 Å². The van der Waals surface area contributed by atoms with Gasteiger partial charge in [-0.2, -0.15) is 0 Å². The molecular weight excluding hydrogens is 178 g/mol. The van der Waals surface area contributed by atoms with E-state index in [1.54, 1.807) is 0 Å². The number of ether oxygens (including phenoxy) is 2. The summed E-state index contributed by atoms with van der Waals surface area (Å²) in [6.45, 7) is 1.77. The van der Waals surface area contributed by atoms with Crippen molar-refractivity contribution in [1.82, 2.24) is 0 Å². The summed E-state index contributed by atoms with van der Waals surface area (Å²) in [6, 6.07) is 8.38. The van der Waals surface area contributed by atoms with Crippen molar-refractivity contribution in [2.75, 3.05) is 19.9 Å². The number of nitrogens with two attached hydrogens (primary N) is 1. The van der Waals surface area contributed by atoms with Crippen molar-refractivity contribution in [2.24, 2.45) is 5.73 Å². The predicted octanol–water partition coefficient (Wildman–Crippen LogP) is 1.23. The molecule has 0 aromatic heterocycles. The SMILES string of the molecule is NCCc1ccc(C2COCO2)cc1. The Bertz CT molecular complexity index is 278. The average Bonchev–Trinajstić information content (AvgIpc) is 2.72. The van der Waals surface area contributed by atoms with Crippen molar-refractivity contribution in [2.45, 2.75) is 12.5 Å². The Morgan fingerprint density at radius 1 is 1.29 bits per heavy atom. The third-order valence-corrected chi connectivity index (χ3v) is 2.41. The molecule has 1 unspecified atom stereocenters. The van der Waals surface area contributed by atoms with Gasteiger partial charge in [0, 0.05) is 0 Å². The van der Waals surface area contributed by atoms with Gasteiger partial charge in [-0.25, -0.2) is 0 Å². The molecule has 3 nitrogen and oxygen atoms in total. The van der Waals surface area contributed by atoms with Gasteiger partial charge in [-0.05, 0) is 24.1 Å². The lowest BCUT2D eigenvalue weighted by atomic mass is 10.1. The molecule has 0 radical (unpaired) electrons. The monoisotopic (exact) mass is 193 g/mol. The van der Waals surface area contributed by atoms with E-state index in [9.17, 15) is 0 Å². The van der Waals surface area contributed by atoms with E-state index in [-0.39, 0.29) is 6.10 Å². The molecule has 0 amide bonds. The van der Waals surface area contributed by atoms with Crippen LogP contribution >= 0.6 is 0 Å². The van der Waals surface area contributed by atoms with E-state index in [1.807, 2.05) is 0 Å². The second kappa shape index (κ2) is 4.55. The Hall–Kier alpha value is -0.900. The Morgan fingerprint density at radius 3 is 2.64 bits per heavy atom. The zero-order chi connectivity index (χ0) is 9.80. The standard InChI is InChI=1S/C11H15NO2/c12-6-5-9-1-3-10(4-2-9)11-7-13-8-14-11/h1-4,11H,5-8,12H2. The van der Waals surface area contributed by atoms with Crippen LogP contribution in [0.25, 0.3) is 0 Å². The Balaban J connectivity index is 2.05. The minimum absolute atomic E-state index is 0.113. The number of hydrogen-bond acceptors (Lipinski definition) is 3. The van der Waals surface area contributed by atoms with Crippen LogP contribution in [0, 0.1) is 0 Å². The summed E-state index contributed by atoms with van der Waals surface area (Å²) in [5.41, 5.74) is 7.93. The van der Waals surface area contributed by atoms with Crippen LogP contribution in [0.2, 0.25) is 0 Å². The highest BCUT2D eigenvalue weighted by molar-refractivity contribution is 5.24. The Morgan fingerprint density at radius 2 is 2.07 bits per heavy atom. The summed E-state index contributed by atoms with van der Waals surface area (Å²) in [5.74, 6) is 0. The summed E-state index contributed by atoms with van der Waals surface area (Å²) in [4.78, 5) is 0. The molecule has 1 aromatic rings. The van der Waals surface area contributed by atoms with E-state index in [1.165, 1.54) is 11.1 Å². The fraction of sp³-hybridized carbons (Fsp3) is 0.455. The van der Waals surface area contributed by atoms with Crippen molar-refractivity contribution in [3.05, 3.63) is 35.4 Å². The van der Waals surface area contributed by atoms with E-state index in [0.29, 0.717) is 19.9 Å². The molecule has 1 saturated heterocycles. The molecule has 1 atom stereocenters. The lowest BCUT2D eigenvalue weighted by molar-refractivity contribution is 0.0466. The number of benzene rings is 1. The third kappa shape index (κ3) is 2.12. The van der Waals surface area contributed by atoms with Crippen molar-refractivity contribution < 1.29 is 9.47 Å². The van der Waals surface area contributed by atoms with Crippen LogP contribution in [-0.4, -0.2) is 19.9 Å². The first kappa shape index (κ1) is 9.65. The smallest absolute Gasteiger partial charge is 0.147 e. The molecule has 14 heavy (non-hydrogen) atoms. The van der Waals surface area contributed by atoms with Crippen molar-refractivity contribution >= 4 is 0 Å². The van der Waals surface area contributed by atoms with Gasteiger partial charge in [0.1, 0.15) is 12.9 Å². The van der Waals surface area contributed by atoms with Crippen LogP contribution in [0.15, 0.2) is 24.3 Å². The van der Waals surface area contributed by atoms with Crippen LogP contribution in [0.1, 0.15) is 17.2 Å². The summed E-state index contributed by atoms with van der Waals surface area (Å²) in [5, 5.41) is 0. The minimum atomic E-state index is 0.113. The molecule has 2 N–H and O–H groups in total. The highest BCUT2D eigenvalue weighted by atomic mass is 16.7. The molecule has 1 aliphatic rings. The van der Waals surface area contributed by atoms with Gasteiger partial charge in [-0.15, -0.1) is 0 Å². The van der Waals surface area contributed by atoms with Crippen molar-refractivity contribution in [1.29, 1.82) is 0 Å². The van der Waals surface area contributed by atoms with Gasteiger partial charge in [0.15, 0.2) is 0 Å². The molecule has 3 heteroatoms. The molecule has 0 saturated carbocycles. The summed E-state index contributed by atoms with van der Waals surface area (Å²) < 4.78 is 10.5. The molecule has 0 aliphatic carbocycles. The van der Waals surface area contributed by atoms with Gasteiger partial charge in [0.05, 0.1) is 6.61 Å². The molecule has 1 fully saturated rings. The maximum Gasteiger partial charge on any atom is 0.147 e. The van der Waals surface area contributed by atoms with E-state index in [2.05, 4.69) is 24.3 Å². The molecule has 0 bridgehead atoms. The fourth-order valence-corrected chi connectivity index (χ4v) is 1.59. The Kier molecular flexibility index (Phi) is 3.14. The summed E-state index contributed by atoms with van der Waals surface area (Å²) >= 11 is 0. The highest BCUT2D eigenvalue weighted by Crippen LogP contribution is 2.22. The van der Waals surface area contributed by atoms with Gasteiger partial charge in [0.25, 0.3) is 0 Å². The normalized spacial score (nSPS) is 21.4. The van der Waals surface area contributed by atoms with Crippen LogP contribution in [-0.2, 0) is 15.9 Å². The van der Waals surface area contributed by atoms with Crippen LogP contribution < -0.4 is 5.73 Å². The summed E-state index contributed by atoms with van der Waals surface area (Å²) in [6.07, 6.45) is 1.05. The van der Waals surface area contributed by atoms with Gasteiger partial charge >= 0.3 is 0 Å². The molecular formula is C11H15NO2. The largest absolute Gasteiger partial charge is 0.352 e. The zero-order valence-electron chi connectivity index (χ0n) is 8.11. The first-order valence-corrected chi connectivity index (χ1v) is 4.88. The Labute approximate surface area is 83.8 Å². The number of rotatable bonds is 3. The van der Waals surface area contributed by atoms with Crippen LogP contribution in [0.4, 0.5) is 0 Å². The van der Waals surface area contributed by atoms with E-state index in [0.717, 1.165) is 6.42 Å². The number of hydrogen-bond donors (Lipinski definition) is 1. The molecule has 1 aromatic carbocycles. The van der Waals surface area contributed by atoms with Gasteiger partial charge < -0.3 is 15.2 Å². The third-order valence-electron chi connectivity index (χ3n) is 2.41. The molecule has 0 spiro atoms. The molecule has 76 valence electrons. The van der Waals surface area contributed by atoms with Crippen molar-refractivity contribution in [3.8, 4) is 0 Å². The highest BCUT2D eigenvalue weighted by Gasteiger charge is 2.17. The quantitative estimate of drug-likeness (QED) is 0.785. The second-order valence-corrected chi connectivity index (χ2v) is 3.42. The first-order valence-electron chi connectivity index (χ1n) is 4.88. The average molecular weight is 193 g/mol. The lowest BCUT2D eigenvalue weighted by Crippen LogP contribution is -2.03. The topological polar surface area (TPSA) is 44.5 Å². The van der Waals surface area contributed by atoms with Gasteiger partial charge in [0.2, 0.25) is 0 Å². The predicted molar refractivity (Wildman–Crippen MR) is 53.8 cm³/mol. The zero-order valence-corrected chi connectivity index (χ0v) is 8.11. The van der Waals surface area contributed by atoms with E-state index in [4.69, 9.17) is 15.2 Å². The van der Waals surface area contributed by atoms with Crippen molar-refractivity contribution in [3.63, 3.8) is 0 Å². The van der Waals surface area contributed by atoms with Crippen LogP contribution in [0.3, 0.4) is 0 Å². The first-order chi connectivity index (χ1) is 6.90. The maximum atomic E-state index is 5.48.